The van der Waals surface area contributed by atoms with E-state index in [1.165, 1.54) is 11.1 Å². The van der Waals surface area contributed by atoms with Crippen molar-refractivity contribution in [3.8, 4) is 11.6 Å². The van der Waals surface area contributed by atoms with Gasteiger partial charge in [-0.15, -0.1) is 0 Å². The minimum Gasteiger partial charge on any atom is -0.480 e. The van der Waals surface area contributed by atoms with Crippen LogP contribution in [-0.4, -0.2) is 61.9 Å². The van der Waals surface area contributed by atoms with Crippen LogP contribution in [0.4, 0.5) is 17.5 Å². The molecule has 1 saturated carbocycles. The lowest BCUT2D eigenvalue weighted by Crippen LogP contribution is -2.42. The van der Waals surface area contributed by atoms with Crippen LogP contribution in [0.25, 0.3) is 16.9 Å². The number of amides is 1. The van der Waals surface area contributed by atoms with Crippen LogP contribution in [0.5, 0.6) is 5.75 Å². The first-order valence-electron chi connectivity index (χ1n) is 15.2. The van der Waals surface area contributed by atoms with Crippen LogP contribution in [0, 0.1) is 5.41 Å². The second kappa shape index (κ2) is 10.3. The molecule has 0 unspecified atom stereocenters. The van der Waals surface area contributed by atoms with E-state index in [0.29, 0.717) is 47.5 Å². The van der Waals surface area contributed by atoms with Gasteiger partial charge in [0.15, 0.2) is 29.6 Å². The van der Waals surface area contributed by atoms with Crippen LogP contribution in [-0.2, 0) is 23.3 Å². The molecule has 228 valence electrons. The van der Waals surface area contributed by atoms with Gasteiger partial charge in [-0.05, 0) is 67.6 Å². The van der Waals surface area contributed by atoms with Crippen molar-refractivity contribution in [3.05, 3.63) is 70.2 Å². The molecule has 1 aromatic carbocycles. The van der Waals surface area contributed by atoms with Crippen molar-refractivity contribution < 1.29 is 9.53 Å². The molecule has 1 aliphatic carbocycles. The van der Waals surface area contributed by atoms with Gasteiger partial charge in [0, 0.05) is 36.9 Å². The fourth-order valence-electron chi connectivity index (χ4n) is 6.49. The van der Waals surface area contributed by atoms with E-state index in [1.807, 2.05) is 25.1 Å². The van der Waals surface area contributed by atoms with Crippen molar-refractivity contribution in [1.82, 2.24) is 29.2 Å². The molecule has 4 aromatic rings. The zero-order valence-electron chi connectivity index (χ0n) is 25.9. The number of benzene rings is 1. The molecule has 1 N–H and O–H groups in total. The highest BCUT2D eigenvalue weighted by Gasteiger charge is 2.42. The molecular formula is C33H38N8O3. The Kier molecular flexibility index (Phi) is 6.61. The maximum absolute atomic E-state index is 13.6. The van der Waals surface area contributed by atoms with Crippen LogP contribution in [0.3, 0.4) is 0 Å². The summed E-state index contributed by atoms with van der Waals surface area (Å²) < 4.78 is 9.05. The Morgan fingerprint density at radius 2 is 1.91 bits per heavy atom. The third kappa shape index (κ3) is 4.94. The number of ether oxygens (including phenoxy) is 1. The maximum atomic E-state index is 13.6. The van der Waals surface area contributed by atoms with Gasteiger partial charge < -0.3 is 15.0 Å². The van der Waals surface area contributed by atoms with Crippen LogP contribution < -0.4 is 20.5 Å². The third-order valence-corrected chi connectivity index (χ3v) is 8.98. The molecule has 0 atom stereocenters. The second-order valence-corrected chi connectivity index (χ2v) is 13.3. The van der Waals surface area contributed by atoms with E-state index in [-0.39, 0.29) is 28.9 Å². The summed E-state index contributed by atoms with van der Waals surface area (Å²) in [5.41, 5.74) is 3.84. The standard InChI is InChI=1S/C33H38N8O3/c1-6-7-14-40-30(43)23-16-34-31(35-22-8-9-24-21(15-22)17-38(5)19-32(24,2)3)37-28(23)41(40)26-11-10-25-29(36-26)39(27(42)18-44-25)20-33(4)12-13-33/h6-11,15-16H,12-14,17-20H2,1-5H3,(H,34,35,37)/b7-6-. The van der Waals surface area contributed by atoms with Crippen molar-refractivity contribution in [2.75, 3.05) is 37.0 Å². The van der Waals surface area contributed by atoms with Crippen molar-refractivity contribution in [2.45, 2.75) is 59.0 Å². The molecule has 0 bridgehead atoms. The molecule has 11 nitrogen and oxygen atoms in total. The number of pyridine rings is 1. The normalized spacial score (nSPS) is 18.8. The Bertz CT molecular complexity index is 1880. The van der Waals surface area contributed by atoms with Crippen molar-refractivity contribution in [3.63, 3.8) is 0 Å². The minimum absolute atomic E-state index is 0.0126. The molecule has 0 saturated heterocycles. The average molecular weight is 595 g/mol. The maximum Gasteiger partial charge on any atom is 0.278 e. The van der Waals surface area contributed by atoms with E-state index in [4.69, 9.17) is 14.7 Å². The van der Waals surface area contributed by atoms with Crippen molar-refractivity contribution in [2.24, 2.45) is 5.41 Å². The number of carbonyl (C=O) groups is 1. The molecule has 3 aromatic heterocycles. The number of nitrogens with one attached hydrogen (secondary N) is 1. The third-order valence-electron chi connectivity index (χ3n) is 8.98. The summed E-state index contributed by atoms with van der Waals surface area (Å²) >= 11 is 0. The quantitative estimate of drug-likeness (QED) is 0.311. The molecule has 3 aliphatic rings. The Morgan fingerprint density at radius 3 is 2.68 bits per heavy atom. The van der Waals surface area contributed by atoms with E-state index < -0.39 is 0 Å². The van der Waals surface area contributed by atoms with E-state index in [9.17, 15) is 9.59 Å². The van der Waals surface area contributed by atoms with Gasteiger partial charge in [0.2, 0.25) is 5.95 Å². The Morgan fingerprint density at radius 1 is 1.09 bits per heavy atom. The molecule has 0 radical (unpaired) electrons. The minimum atomic E-state index is -0.224. The number of anilines is 3. The molecule has 1 fully saturated rings. The summed E-state index contributed by atoms with van der Waals surface area (Å²) in [7, 11) is 2.14. The topological polar surface area (TPSA) is 110 Å². The van der Waals surface area contributed by atoms with Crippen LogP contribution in [0.15, 0.2) is 53.5 Å². The molecule has 0 spiro atoms. The van der Waals surface area contributed by atoms with Gasteiger partial charge >= 0.3 is 0 Å². The van der Waals surface area contributed by atoms with Gasteiger partial charge in [-0.3, -0.25) is 14.5 Å². The van der Waals surface area contributed by atoms with E-state index in [2.05, 4.69) is 61.2 Å². The van der Waals surface area contributed by atoms with E-state index >= 15 is 0 Å². The Labute approximate surface area is 256 Å². The van der Waals surface area contributed by atoms with Crippen molar-refractivity contribution in [1.29, 1.82) is 0 Å². The fourth-order valence-corrected chi connectivity index (χ4v) is 6.49. The molecule has 1 amide bonds. The number of aromatic nitrogens is 5. The van der Waals surface area contributed by atoms with E-state index in [0.717, 1.165) is 31.6 Å². The summed E-state index contributed by atoms with van der Waals surface area (Å²) in [5, 5.41) is 3.74. The van der Waals surface area contributed by atoms with Crippen LogP contribution in [0.2, 0.25) is 0 Å². The lowest BCUT2D eigenvalue weighted by Gasteiger charge is -2.38. The molecule has 44 heavy (non-hydrogen) atoms. The monoisotopic (exact) mass is 594 g/mol. The SMILES string of the molecule is C/C=C\Cn1c(=O)c2cnc(Nc3ccc4c(c3)CN(C)CC4(C)C)nc2n1-c1ccc2c(n1)N(CC1(C)CC1)C(=O)CO2. The molecule has 11 heteroatoms. The highest BCUT2D eigenvalue weighted by molar-refractivity contribution is 5.97. The number of hydrogen-bond acceptors (Lipinski definition) is 8. The lowest BCUT2D eigenvalue weighted by atomic mass is 9.78. The number of likely N-dealkylation sites (N-methyl/N-ethyl adjacent to an activating group) is 1. The predicted molar refractivity (Wildman–Crippen MR) is 170 cm³/mol. The zero-order valence-corrected chi connectivity index (χ0v) is 25.9. The molecule has 7 rings (SSSR count). The predicted octanol–water partition coefficient (Wildman–Crippen LogP) is 4.55. The second-order valence-electron chi connectivity index (χ2n) is 13.3. The summed E-state index contributed by atoms with van der Waals surface area (Å²) in [6.07, 6.45) is 7.51. The van der Waals surface area contributed by atoms with E-state index in [1.54, 1.807) is 26.5 Å². The Hall–Kier alpha value is -4.51. The number of fused-ring (bicyclic) bond motifs is 3. The highest BCUT2D eigenvalue weighted by atomic mass is 16.5. The average Bonchev–Trinajstić information content (AvgIpc) is 3.65. The first kappa shape index (κ1) is 28.3. The highest BCUT2D eigenvalue weighted by Crippen LogP contribution is 2.47. The van der Waals surface area contributed by atoms with Gasteiger partial charge in [0.25, 0.3) is 11.5 Å². The summed E-state index contributed by atoms with van der Waals surface area (Å²) in [6.45, 7) is 11.4. The Balaban J connectivity index is 1.31. The van der Waals surface area contributed by atoms with Gasteiger partial charge in [0.1, 0.15) is 5.39 Å². The number of allylic oxidation sites excluding steroid dienone is 2. The van der Waals surface area contributed by atoms with Crippen LogP contribution >= 0.6 is 0 Å². The number of nitrogens with zero attached hydrogens (tertiary/aromatic N) is 7. The summed E-state index contributed by atoms with van der Waals surface area (Å²) in [6, 6.07) is 10.0. The summed E-state index contributed by atoms with van der Waals surface area (Å²) in [4.78, 5) is 44.9. The number of rotatable bonds is 7. The number of hydrogen-bond donors (Lipinski definition) is 1. The first-order valence-corrected chi connectivity index (χ1v) is 15.2. The van der Waals surface area contributed by atoms with Gasteiger partial charge in [-0.2, -0.15) is 4.98 Å². The first-order chi connectivity index (χ1) is 21.0. The molecular weight excluding hydrogens is 556 g/mol. The summed E-state index contributed by atoms with van der Waals surface area (Å²) in [5.74, 6) is 1.74. The fraction of sp³-hybridized carbons (Fsp3) is 0.424. The number of carbonyl (C=O) groups excluding carboxylic acids is 1. The van der Waals surface area contributed by atoms with Crippen molar-refractivity contribution >= 4 is 34.4 Å². The molecule has 5 heterocycles. The van der Waals surface area contributed by atoms with Gasteiger partial charge in [-0.25, -0.2) is 19.3 Å². The smallest absolute Gasteiger partial charge is 0.278 e. The van der Waals surface area contributed by atoms with Gasteiger partial charge in [0.05, 0.1) is 6.54 Å². The molecule has 2 aliphatic heterocycles. The largest absolute Gasteiger partial charge is 0.480 e. The van der Waals surface area contributed by atoms with Crippen LogP contribution in [0.1, 0.15) is 51.7 Å². The zero-order chi connectivity index (χ0) is 30.8. The lowest BCUT2D eigenvalue weighted by molar-refractivity contribution is -0.121. The van der Waals surface area contributed by atoms with Gasteiger partial charge in [-0.1, -0.05) is 39.0 Å².